The molecule has 0 aliphatic carbocycles. The summed E-state index contributed by atoms with van der Waals surface area (Å²) in [5, 5.41) is 4.17. The fourth-order valence-electron chi connectivity index (χ4n) is 3.02. The van der Waals surface area contributed by atoms with E-state index in [0.717, 1.165) is 10.2 Å². The van der Waals surface area contributed by atoms with Gasteiger partial charge in [-0.1, -0.05) is 22.9 Å². The largest absolute Gasteiger partial charge is 0.495 e. The third-order valence-corrected chi connectivity index (χ3v) is 6.05. The molecular formula is C21H19ClN4O2S. The van der Waals surface area contributed by atoms with E-state index in [4.69, 9.17) is 16.3 Å². The van der Waals surface area contributed by atoms with Gasteiger partial charge in [0.15, 0.2) is 0 Å². The Morgan fingerprint density at radius 1 is 1.21 bits per heavy atom. The second kappa shape index (κ2) is 7.50. The number of rotatable bonds is 4. The Labute approximate surface area is 176 Å². The molecule has 1 N–H and O–H groups in total. The van der Waals surface area contributed by atoms with Gasteiger partial charge in [0.25, 0.3) is 5.56 Å². The van der Waals surface area contributed by atoms with E-state index < -0.39 is 0 Å². The molecule has 2 aromatic heterocycles. The highest BCUT2D eigenvalue weighted by molar-refractivity contribution is 7.22. The predicted octanol–water partition coefficient (Wildman–Crippen LogP) is 5.11. The molecule has 0 aliphatic rings. The van der Waals surface area contributed by atoms with Crippen LogP contribution in [0.2, 0.25) is 5.02 Å². The summed E-state index contributed by atoms with van der Waals surface area (Å²) in [6.07, 6.45) is 1.56. The summed E-state index contributed by atoms with van der Waals surface area (Å²) in [6.45, 7) is 5.97. The van der Waals surface area contributed by atoms with Crippen LogP contribution in [0.4, 0.5) is 5.13 Å². The van der Waals surface area contributed by atoms with Crippen molar-refractivity contribution in [1.82, 2.24) is 14.8 Å². The number of aliphatic imine (C=N–C) groups is 1. The van der Waals surface area contributed by atoms with Crippen molar-refractivity contribution in [2.75, 3.05) is 7.11 Å². The van der Waals surface area contributed by atoms with Gasteiger partial charge in [0.05, 0.1) is 33.6 Å². The molecule has 148 valence electrons. The number of H-pyrrole nitrogens is 1. The number of thiazole rings is 1. The number of methoxy groups -OCH3 is 1. The second-order valence-corrected chi connectivity index (χ2v) is 8.19. The van der Waals surface area contributed by atoms with Crippen LogP contribution in [0, 0.1) is 20.8 Å². The number of hydrogen-bond donors (Lipinski definition) is 1. The molecule has 2 heterocycles. The topological polar surface area (TPSA) is 72.3 Å². The molecule has 6 nitrogen and oxygen atoms in total. The van der Waals surface area contributed by atoms with Crippen molar-refractivity contribution in [2.45, 2.75) is 20.8 Å². The van der Waals surface area contributed by atoms with Gasteiger partial charge in [0, 0.05) is 18.0 Å². The average molecular weight is 427 g/mol. The molecule has 2 aromatic carbocycles. The SMILES string of the molecule is COc1cc(-n2[nH]c(C)c(C=Nc3nc4cc(C)c(C)cc4s3)c2=O)ccc1Cl. The van der Waals surface area contributed by atoms with Crippen LogP contribution in [0.15, 0.2) is 40.1 Å². The summed E-state index contributed by atoms with van der Waals surface area (Å²) in [5.41, 5.74) is 4.95. The zero-order valence-corrected chi connectivity index (χ0v) is 18.0. The standard InChI is InChI=1S/C21H19ClN4O2S/c1-11-7-17-19(8-12(11)2)29-21(24-17)23-10-15-13(3)25-26(20(15)27)14-5-6-16(22)18(9-14)28-4/h5-10,25H,1-4H3. The van der Waals surface area contributed by atoms with E-state index in [2.05, 4.69) is 41.1 Å². The Morgan fingerprint density at radius 2 is 1.97 bits per heavy atom. The molecule has 0 amide bonds. The maximum atomic E-state index is 12.9. The minimum absolute atomic E-state index is 0.205. The summed E-state index contributed by atoms with van der Waals surface area (Å²) >= 11 is 7.58. The number of ether oxygens (including phenoxy) is 1. The Balaban J connectivity index is 1.71. The minimum Gasteiger partial charge on any atom is -0.495 e. The first-order valence-electron chi connectivity index (χ1n) is 8.94. The van der Waals surface area contributed by atoms with Crippen molar-refractivity contribution in [3.05, 3.63) is 68.1 Å². The molecule has 0 unspecified atom stereocenters. The Hall–Kier alpha value is -2.90. The lowest BCUT2D eigenvalue weighted by Gasteiger charge is -2.06. The molecular weight excluding hydrogens is 408 g/mol. The molecule has 0 fully saturated rings. The van der Waals surface area contributed by atoms with Crippen molar-refractivity contribution in [3.63, 3.8) is 0 Å². The lowest BCUT2D eigenvalue weighted by Crippen LogP contribution is -2.17. The van der Waals surface area contributed by atoms with Gasteiger partial charge in [-0.15, -0.1) is 0 Å². The van der Waals surface area contributed by atoms with E-state index >= 15 is 0 Å². The first kappa shape index (κ1) is 19.4. The quantitative estimate of drug-likeness (QED) is 0.460. The maximum Gasteiger partial charge on any atom is 0.280 e. The molecule has 4 aromatic rings. The Bertz CT molecular complexity index is 1280. The molecule has 0 aliphatic heterocycles. The highest BCUT2D eigenvalue weighted by atomic mass is 35.5. The lowest BCUT2D eigenvalue weighted by molar-refractivity contribution is 0.414. The zero-order valence-electron chi connectivity index (χ0n) is 16.4. The molecule has 4 rings (SSSR count). The van der Waals surface area contributed by atoms with Gasteiger partial charge in [-0.3, -0.25) is 9.89 Å². The van der Waals surface area contributed by atoms with Gasteiger partial charge in [0.2, 0.25) is 5.13 Å². The number of hydrogen-bond acceptors (Lipinski definition) is 5. The fourth-order valence-corrected chi connectivity index (χ4v) is 4.11. The van der Waals surface area contributed by atoms with E-state index in [-0.39, 0.29) is 5.56 Å². The summed E-state index contributed by atoms with van der Waals surface area (Å²) in [6, 6.07) is 9.32. The van der Waals surface area contributed by atoms with Gasteiger partial charge in [-0.05, 0) is 56.2 Å². The number of nitrogens with one attached hydrogen (secondary N) is 1. The molecule has 0 bridgehead atoms. The highest BCUT2D eigenvalue weighted by Crippen LogP contribution is 2.30. The van der Waals surface area contributed by atoms with Crippen molar-refractivity contribution >= 4 is 44.5 Å². The first-order chi connectivity index (χ1) is 13.9. The van der Waals surface area contributed by atoms with Crippen LogP contribution in [0.3, 0.4) is 0 Å². The Morgan fingerprint density at radius 3 is 2.72 bits per heavy atom. The molecule has 29 heavy (non-hydrogen) atoms. The molecule has 0 saturated heterocycles. The summed E-state index contributed by atoms with van der Waals surface area (Å²) in [5.74, 6) is 0.499. The summed E-state index contributed by atoms with van der Waals surface area (Å²) < 4.78 is 7.77. The van der Waals surface area contributed by atoms with Gasteiger partial charge < -0.3 is 4.74 Å². The van der Waals surface area contributed by atoms with E-state index in [9.17, 15) is 4.79 Å². The minimum atomic E-state index is -0.205. The van der Waals surface area contributed by atoms with Crippen LogP contribution in [0.1, 0.15) is 22.4 Å². The smallest absolute Gasteiger partial charge is 0.280 e. The number of nitrogens with zero attached hydrogens (tertiary/aromatic N) is 3. The Kier molecular flexibility index (Phi) is 5.02. The third kappa shape index (κ3) is 3.59. The van der Waals surface area contributed by atoms with E-state index in [0.29, 0.717) is 32.8 Å². The van der Waals surface area contributed by atoms with Crippen LogP contribution in [0.5, 0.6) is 5.75 Å². The predicted molar refractivity (Wildman–Crippen MR) is 119 cm³/mol. The van der Waals surface area contributed by atoms with Gasteiger partial charge in [-0.25, -0.2) is 14.7 Å². The van der Waals surface area contributed by atoms with Crippen molar-refractivity contribution in [3.8, 4) is 11.4 Å². The first-order valence-corrected chi connectivity index (χ1v) is 10.1. The number of aromatic amines is 1. The van der Waals surface area contributed by atoms with Crippen molar-refractivity contribution in [1.29, 1.82) is 0 Å². The van der Waals surface area contributed by atoms with E-state index in [1.807, 2.05) is 6.92 Å². The van der Waals surface area contributed by atoms with Crippen LogP contribution >= 0.6 is 22.9 Å². The van der Waals surface area contributed by atoms with E-state index in [1.54, 1.807) is 24.4 Å². The van der Waals surface area contributed by atoms with Crippen LogP contribution in [0.25, 0.3) is 15.9 Å². The number of benzene rings is 2. The highest BCUT2D eigenvalue weighted by Gasteiger charge is 2.13. The average Bonchev–Trinajstić information content (AvgIpc) is 3.20. The molecule has 0 radical (unpaired) electrons. The van der Waals surface area contributed by atoms with Crippen molar-refractivity contribution in [2.24, 2.45) is 4.99 Å². The summed E-state index contributed by atoms with van der Waals surface area (Å²) in [7, 11) is 1.53. The molecule has 0 spiro atoms. The molecule has 8 heteroatoms. The lowest BCUT2D eigenvalue weighted by atomic mass is 10.1. The third-order valence-electron chi connectivity index (χ3n) is 4.81. The van der Waals surface area contributed by atoms with Crippen LogP contribution in [-0.4, -0.2) is 28.1 Å². The second-order valence-electron chi connectivity index (χ2n) is 6.77. The van der Waals surface area contributed by atoms with E-state index in [1.165, 1.54) is 34.3 Å². The van der Waals surface area contributed by atoms with Crippen LogP contribution in [-0.2, 0) is 0 Å². The normalized spacial score (nSPS) is 11.6. The number of aryl methyl sites for hydroxylation is 3. The summed E-state index contributed by atoms with van der Waals surface area (Å²) in [4.78, 5) is 21.9. The van der Waals surface area contributed by atoms with Crippen molar-refractivity contribution < 1.29 is 4.74 Å². The fraction of sp³-hybridized carbons (Fsp3) is 0.190. The van der Waals surface area contributed by atoms with Gasteiger partial charge in [0.1, 0.15) is 5.75 Å². The molecule has 0 atom stereocenters. The van der Waals surface area contributed by atoms with Gasteiger partial charge in [-0.2, -0.15) is 0 Å². The monoisotopic (exact) mass is 426 g/mol. The number of aromatic nitrogens is 3. The number of fused-ring (bicyclic) bond motifs is 1. The van der Waals surface area contributed by atoms with Gasteiger partial charge >= 0.3 is 0 Å². The zero-order chi connectivity index (χ0) is 20.7. The van der Waals surface area contributed by atoms with Crippen LogP contribution < -0.4 is 10.3 Å². The number of halogens is 1. The maximum absolute atomic E-state index is 12.9. The molecule has 0 saturated carbocycles.